The zero-order valence-corrected chi connectivity index (χ0v) is 9.18. The van der Waals surface area contributed by atoms with Crippen LogP contribution in [0.5, 0.6) is 0 Å². The summed E-state index contributed by atoms with van der Waals surface area (Å²) in [5, 5.41) is 0. The average molecular weight is 260 g/mol. The Kier molecular flexibility index (Phi) is 4.19. The maximum atomic E-state index is 10.6. The van der Waals surface area contributed by atoms with Gasteiger partial charge in [0.1, 0.15) is 0 Å². The minimum Gasteiger partial charge on any atom is -0.298 e. The molecule has 0 aliphatic carbocycles. The summed E-state index contributed by atoms with van der Waals surface area (Å²) in [4.78, 5) is 10.6. The van der Waals surface area contributed by atoms with Crippen molar-refractivity contribution in [2.75, 3.05) is 5.88 Å². The van der Waals surface area contributed by atoms with Gasteiger partial charge in [-0.05, 0) is 21.5 Å². The zero-order chi connectivity index (χ0) is 9.68. The van der Waals surface area contributed by atoms with Crippen molar-refractivity contribution in [3.63, 3.8) is 0 Å². The first-order valence-electron chi connectivity index (χ1n) is 3.75. The van der Waals surface area contributed by atoms with Crippen LogP contribution in [0.3, 0.4) is 0 Å². The van der Waals surface area contributed by atoms with Crippen LogP contribution in [0.1, 0.15) is 15.9 Å². The summed E-state index contributed by atoms with van der Waals surface area (Å²) >= 11 is 8.85. The number of carbonyl (C=O) groups excluding carboxylic acids is 1. The number of alkyl halides is 1. The van der Waals surface area contributed by atoms with E-state index < -0.39 is 0 Å². The lowest BCUT2D eigenvalue weighted by atomic mass is 10.1. The Hall–Kier alpha value is -0.600. The maximum absolute atomic E-state index is 10.6. The number of aldehydes is 1. The third kappa shape index (κ3) is 2.68. The summed E-state index contributed by atoms with van der Waals surface area (Å²) in [7, 11) is 0. The number of halogens is 2. The Morgan fingerprint density at radius 2 is 2.08 bits per heavy atom. The van der Waals surface area contributed by atoms with Gasteiger partial charge in [-0.25, -0.2) is 0 Å². The molecule has 0 saturated carbocycles. The van der Waals surface area contributed by atoms with Crippen molar-refractivity contribution in [1.29, 1.82) is 0 Å². The molecular formula is C10H8BrClO. The molecule has 0 heterocycles. The second kappa shape index (κ2) is 5.20. The summed E-state index contributed by atoms with van der Waals surface area (Å²) in [6.07, 6.45) is 4.53. The first kappa shape index (κ1) is 10.5. The van der Waals surface area contributed by atoms with Crippen LogP contribution in [-0.4, -0.2) is 12.2 Å². The summed E-state index contributed by atoms with van der Waals surface area (Å²) < 4.78 is 0.811. The zero-order valence-electron chi connectivity index (χ0n) is 6.84. The van der Waals surface area contributed by atoms with Crippen molar-refractivity contribution in [2.24, 2.45) is 0 Å². The number of carbonyl (C=O) groups is 1. The fourth-order valence-corrected chi connectivity index (χ4v) is 1.54. The van der Waals surface area contributed by atoms with Gasteiger partial charge in [-0.1, -0.05) is 30.4 Å². The van der Waals surface area contributed by atoms with E-state index in [9.17, 15) is 4.79 Å². The number of hydrogen-bond donors (Lipinski definition) is 0. The van der Waals surface area contributed by atoms with Gasteiger partial charge in [0.2, 0.25) is 0 Å². The summed E-state index contributed by atoms with van der Waals surface area (Å²) in [6.45, 7) is 0. The topological polar surface area (TPSA) is 17.1 Å². The summed E-state index contributed by atoms with van der Waals surface area (Å²) in [6, 6.07) is 5.51. The largest absolute Gasteiger partial charge is 0.298 e. The van der Waals surface area contributed by atoms with Gasteiger partial charge in [0, 0.05) is 15.9 Å². The Labute approximate surface area is 90.5 Å². The summed E-state index contributed by atoms with van der Waals surface area (Å²) in [5.41, 5.74) is 1.61. The van der Waals surface area contributed by atoms with E-state index in [-0.39, 0.29) is 0 Å². The molecule has 0 unspecified atom stereocenters. The highest BCUT2D eigenvalue weighted by Gasteiger charge is 2.00. The van der Waals surface area contributed by atoms with Crippen LogP contribution in [0, 0.1) is 0 Å². The second-order valence-corrected chi connectivity index (χ2v) is 3.53. The molecule has 0 bridgehead atoms. The van der Waals surface area contributed by atoms with Crippen molar-refractivity contribution in [3.05, 3.63) is 39.9 Å². The first-order valence-corrected chi connectivity index (χ1v) is 5.08. The Bertz CT molecular complexity index is 334. The second-order valence-electron chi connectivity index (χ2n) is 2.42. The van der Waals surface area contributed by atoms with Gasteiger partial charge >= 0.3 is 0 Å². The predicted molar refractivity (Wildman–Crippen MR) is 59.3 cm³/mol. The Morgan fingerprint density at radius 1 is 1.38 bits per heavy atom. The molecule has 1 aromatic rings. The number of benzene rings is 1. The van der Waals surface area contributed by atoms with Crippen LogP contribution < -0.4 is 0 Å². The van der Waals surface area contributed by atoms with E-state index in [1.807, 2.05) is 24.3 Å². The molecule has 0 fully saturated rings. The van der Waals surface area contributed by atoms with Gasteiger partial charge in [-0.2, -0.15) is 0 Å². The van der Waals surface area contributed by atoms with E-state index in [0.29, 0.717) is 11.4 Å². The molecule has 0 N–H and O–H groups in total. The monoisotopic (exact) mass is 258 g/mol. The molecule has 0 atom stereocenters. The lowest BCUT2D eigenvalue weighted by Crippen LogP contribution is -1.84. The minimum atomic E-state index is 0.470. The molecule has 1 rings (SSSR count). The third-order valence-electron chi connectivity index (χ3n) is 1.57. The molecule has 0 spiro atoms. The molecule has 0 aromatic heterocycles. The molecule has 0 amide bonds. The van der Waals surface area contributed by atoms with E-state index in [1.54, 1.807) is 6.07 Å². The molecule has 3 heteroatoms. The summed E-state index contributed by atoms with van der Waals surface area (Å²) in [5.74, 6) is 0.470. The molecule has 1 nitrogen and oxygen atoms in total. The van der Waals surface area contributed by atoms with Gasteiger partial charge in [0.15, 0.2) is 6.29 Å². The fraction of sp³-hybridized carbons (Fsp3) is 0.100. The molecule has 1 aromatic carbocycles. The molecule has 0 aliphatic heterocycles. The highest BCUT2D eigenvalue weighted by molar-refractivity contribution is 9.10. The van der Waals surface area contributed by atoms with Crippen molar-refractivity contribution in [1.82, 2.24) is 0 Å². The van der Waals surface area contributed by atoms with Gasteiger partial charge in [-0.15, -0.1) is 11.6 Å². The highest BCUT2D eigenvalue weighted by atomic mass is 79.9. The highest BCUT2D eigenvalue weighted by Crippen LogP contribution is 2.21. The van der Waals surface area contributed by atoms with Crippen LogP contribution in [0.4, 0.5) is 0 Å². The lowest BCUT2D eigenvalue weighted by Gasteiger charge is -2.00. The van der Waals surface area contributed by atoms with Crippen molar-refractivity contribution in [2.45, 2.75) is 0 Å². The smallest absolute Gasteiger partial charge is 0.151 e. The molecular weight excluding hydrogens is 251 g/mol. The Morgan fingerprint density at radius 3 is 2.69 bits per heavy atom. The van der Waals surface area contributed by atoms with Crippen molar-refractivity contribution < 1.29 is 4.79 Å². The average Bonchev–Trinajstić information content (AvgIpc) is 2.16. The number of hydrogen-bond acceptors (Lipinski definition) is 1. The van der Waals surface area contributed by atoms with Crippen LogP contribution in [0.25, 0.3) is 6.08 Å². The molecule has 0 aliphatic rings. The quantitative estimate of drug-likeness (QED) is 0.600. The van der Waals surface area contributed by atoms with Crippen molar-refractivity contribution >= 4 is 39.9 Å². The van der Waals surface area contributed by atoms with Crippen LogP contribution in [0.15, 0.2) is 28.7 Å². The molecule has 13 heavy (non-hydrogen) atoms. The van der Waals surface area contributed by atoms with Crippen LogP contribution >= 0.6 is 27.5 Å². The minimum absolute atomic E-state index is 0.470. The number of rotatable bonds is 3. The molecule has 68 valence electrons. The normalized spacial score (nSPS) is 10.6. The van der Waals surface area contributed by atoms with Crippen LogP contribution in [-0.2, 0) is 0 Å². The standard InChI is InChI=1S/C10H8BrClO/c11-10-8(5-2-6-12)3-1-4-9(10)7-13/h1-5,7H,6H2. The SMILES string of the molecule is O=Cc1cccc(C=CCCl)c1Br. The lowest BCUT2D eigenvalue weighted by molar-refractivity contribution is 0.112. The Balaban J connectivity index is 3.08. The molecule has 0 radical (unpaired) electrons. The van der Waals surface area contributed by atoms with Crippen LogP contribution in [0.2, 0.25) is 0 Å². The van der Waals surface area contributed by atoms with E-state index >= 15 is 0 Å². The van der Waals surface area contributed by atoms with E-state index in [2.05, 4.69) is 15.9 Å². The fourth-order valence-electron chi connectivity index (χ4n) is 0.960. The van der Waals surface area contributed by atoms with Gasteiger partial charge < -0.3 is 0 Å². The van der Waals surface area contributed by atoms with E-state index in [0.717, 1.165) is 16.3 Å². The van der Waals surface area contributed by atoms with Gasteiger partial charge in [0.25, 0.3) is 0 Å². The predicted octanol–water partition coefficient (Wildman–Crippen LogP) is 3.51. The van der Waals surface area contributed by atoms with E-state index in [4.69, 9.17) is 11.6 Å². The van der Waals surface area contributed by atoms with Gasteiger partial charge in [-0.3, -0.25) is 4.79 Å². The van der Waals surface area contributed by atoms with Gasteiger partial charge in [0.05, 0.1) is 0 Å². The first-order chi connectivity index (χ1) is 6.29. The molecule has 0 saturated heterocycles. The third-order valence-corrected chi connectivity index (χ3v) is 2.67. The van der Waals surface area contributed by atoms with E-state index in [1.165, 1.54) is 0 Å². The van der Waals surface area contributed by atoms with Crippen molar-refractivity contribution in [3.8, 4) is 0 Å². The maximum Gasteiger partial charge on any atom is 0.151 e. The number of allylic oxidation sites excluding steroid dienone is 1.